The number of carbonyl (C=O) groups excluding carboxylic acids is 1. The Labute approximate surface area is 105 Å². The summed E-state index contributed by atoms with van der Waals surface area (Å²) in [7, 11) is 0. The Bertz CT molecular complexity index is 453. The van der Waals surface area contributed by atoms with Gasteiger partial charge in [0, 0.05) is 12.0 Å². The Morgan fingerprint density at radius 3 is 2.50 bits per heavy atom. The first-order valence-corrected chi connectivity index (χ1v) is 6.09. The van der Waals surface area contributed by atoms with Crippen LogP contribution >= 0.6 is 0 Å². The van der Waals surface area contributed by atoms with Gasteiger partial charge in [-0.25, -0.2) is 4.39 Å². The number of Topliss-reactive ketones (excluding diaryl/α,β-unsaturated/α-hetero) is 1. The summed E-state index contributed by atoms with van der Waals surface area (Å²) in [4.78, 5) is 23.0. The molecule has 0 amide bonds. The molecule has 0 saturated heterocycles. The Morgan fingerprint density at radius 2 is 1.89 bits per heavy atom. The van der Waals surface area contributed by atoms with E-state index in [-0.39, 0.29) is 23.9 Å². The summed E-state index contributed by atoms with van der Waals surface area (Å²) in [6, 6.07) is 5.39. The first kappa shape index (κ1) is 12.7. The molecule has 3 nitrogen and oxygen atoms in total. The van der Waals surface area contributed by atoms with Crippen molar-refractivity contribution in [2.75, 3.05) is 0 Å². The molecular formula is C14H15FO3. The lowest BCUT2D eigenvalue weighted by Gasteiger charge is -2.14. The molecule has 1 aliphatic rings. The van der Waals surface area contributed by atoms with Gasteiger partial charge in [0.25, 0.3) is 0 Å². The number of carboxylic acid groups (broad SMARTS) is 1. The predicted molar refractivity (Wildman–Crippen MR) is 63.8 cm³/mol. The van der Waals surface area contributed by atoms with E-state index in [1.807, 2.05) is 0 Å². The average molecular weight is 250 g/mol. The van der Waals surface area contributed by atoms with Crippen molar-refractivity contribution >= 4 is 11.8 Å². The molecule has 0 spiro atoms. The zero-order valence-electron chi connectivity index (χ0n) is 9.93. The number of hydrogen-bond donors (Lipinski definition) is 1. The molecule has 0 radical (unpaired) electrons. The van der Waals surface area contributed by atoms with Gasteiger partial charge in [0.2, 0.25) is 0 Å². The summed E-state index contributed by atoms with van der Waals surface area (Å²) in [6.07, 6.45) is 2.53. The van der Waals surface area contributed by atoms with E-state index in [9.17, 15) is 14.0 Å². The normalized spacial score (nSPS) is 22.9. The number of carbonyl (C=O) groups is 2. The van der Waals surface area contributed by atoms with Gasteiger partial charge in [-0.3, -0.25) is 9.59 Å². The van der Waals surface area contributed by atoms with Crippen LogP contribution in [0.1, 0.15) is 36.0 Å². The fourth-order valence-corrected chi connectivity index (χ4v) is 2.60. The van der Waals surface area contributed by atoms with Crippen LogP contribution in [0.2, 0.25) is 0 Å². The minimum absolute atomic E-state index is 0.0833. The van der Waals surface area contributed by atoms with Crippen LogP contribution in [0.5, 0.6) is 0 Å². The van der Waals surface area contributed by atoms with E-state index in [1.165, 1.54) is 24.3 Å². The van der Waals surface area contributed by atoms with Gasteiger partial charge in [-0.1, -0.05) is 6.42 Å². The monoisotopic (exact) mass is 250 g/mol. The Hall–Kier alpha value is -1.71. The molecule has 0 heterocycles. The number of aliphatic carboxylic acids is 1. The molecule has 1 fully saturated rings. The summed E-state index contributed by atoms with van der Waals surface area (Å²) < 4.78 is 12.7. The average Bonchev–Trinajstić information content (AvgIpc) is 2.78. The molecular weight excluding hydrogens is 235 g/mol. The van der Waals surface area contributed by atoms with E-state index < -0.39 is 11.9 Å². The van der Waals surface area contributed by atoms with Gasteiger partial charge in [0.05, 0.1) is 5.92 Å². The quantitative estimate of drug-likeness (QED) is 0.836. The summed E-state index contributed by atoms with van der Waals surface area (Å²) in [5, 5.41) is 9.04. The molecule has 0 unspecified atom stereocenters. The summed E-state index contributed by atoms with van der Waals surface area (Å²) in [5.41, 5.74) is 0.451. The molecule has 2 atom stereocenters. The van der Waals surface area contributed by atoms with Crippen LogP contribution in [0.4, 0.5) is 4.39 Å². The van der Waals surface area contributed by atoms with Crippen molar-refractivity contribution in [3.63, 3.8) is 0 Å². The summed E-state index contributed by atoms with van der Waals surface area (Å²) in [5.74, 6) is -1.79. The highest BCUT2D eigenvalue weighted by Crippen LogP contribution is 2.35. The second kappa shape index (κ2) is 5.29. The van der Waals surface area contributed by atoms with Crippen LogP contribution in [-0.4, -0.2) is 16.9 Å². The smallest absolute Gasteiger partial charge is 0.306 e. The van der Waals surface area contributed by atoms with E-state index in [0.29, 0.717) is 12.0 Å². The number of hydrogen-bond acceptors (Lipinski definition) is 2. The lowest BCUT2D eigenvalue weighted by atomic mass is 9.89. The molecule has 96 valence electrons. The van der Waals surface area contributed by atoms with Crippen molar-refractivity contribution in [3.8, 4) is 0 Å². The highest BCUT2D eigenvalue weighted by molar-refractivity contribution is 5.96. The highest BCUT2D eigenvalue weighted by atomic mass is 19.1. The van der Waals surface area contributed by atoms with Crippen molar-refractivity contribution in [2.45, 2.75) is 25.7 Å². The van der Waals surface area contributed by atoms with Crippen molar-refractivity contribution in [1.82, 2.24) is 0 Å². The molecule has 4 heteroatoms. The van der Waals surface area contributed by atoms with Crippen LogP contribution < -0.4 is 0 Å². The molecule has 1 N–H and O–H groups in total. The molecule has 1 aliphatic carbocycles. The standard InChI is InChI=1S/C14H15FO3/c15-11-6-4-9(5-7-11)13(16)8-10-2-1-3-12(10)14(17)18/h4-7,10,12H,1-3,8H2,(H,17,18)/t10-,12+/m1/s1. The lowest BCUT2D eigenvalue weighted by molar-refractivity contribution is -0.142. The number of rotatable bonds is 4. The largest absolute Gasteiger partial charge is 0.481 e. The van der Waals surface area contributed by atoms with Crippen LogP contribution in [0, 0.1) is 17.7 Å². The summed E-state index contributed by atoms with van der Waals surface area (Å²) >= 11 is 0. The topological polar surface area (TPSA) is 54.4 Å². The van der Waals surface area contributed by atoms with E-state index in [2.05, 4.69) is 0 Å². The van der Waals surface area contributed by atoms with Gasteiger partial charge in [-0.15, -0.1) is 0 Å². The number of benzene rings is 1. The molecule has 0 bridgehead atoms. The second-order valence-corrected chi connectivity index (χ2v) is 4.77. The molecule has 2 rings (SSSR count). The maximum absolute atomic E-state index is 12.7. The third kappa shape index (κ3) is 2.75. The summed E-state index contributed by atoms with van der Waals surface area (Å²) in [6.45, 7) is 0. The molecule has 18 heavy (non-hydrogen) atoms. The molecule has 0 aliphatic heterocycles. The van der Waals surface area contributed by atoms with Crippen LogP contribution in [-0.2, 0) is 4.79 Å². The van der Waals surface area contributed by atoms with E-state index in [1.54, 1.807) is 0 Å². The minimum Gasteiger partial charge on any atom is -0.481 e. The molecule has 1 aromatic carbocycles. The third-order valence-corrected chi connectivity index (χ3v) is 3.59. The van der Waals surface area contributed by atoms with Gasteiger partial charge >= 0.3 is 5.97 Å². The van der Waals surface area contributed by atoms with Crippen molar-refractivity contribution < 1.29 is 19.1 Å². The zero-order chi connectivity index (χ0) is 13.1. The van der Waals surface area contributed by atoms with Crippen LogP contribution in [0.3, 0.4) is 0 Å². The zero-order valence-corrected chi connectivity index (χ0v) is 9.93. The van der Waals surface area contributed by atoms with Gasteiger partial charge in [-0.05, 0) is 43.0 Å². The van der Waals surface area contributed by atoms with Crippen molar-refractivity contribution in [1.29, 1.82) is 0 Å². The Kier molecular flexibility index (Phi) is 3.75. The fraction of sp³-hybridized carbons (Fsp3) is 0.429. The second-order valence-electron chi connectivity index (χ2n) is 4.77. The lowest BCUT2D eigenvalue weighted by Crippen LogP contribution is -2.20. The highest BCUT2D eigenvalue weighted by Gasteiger charge is 2.34. The maximum Gasteiger partial charge on any atom is 0.306 e. The number of ketones is 1. The third-order valence-electron chi connectivity index (χ3n) is 3.59. The predicted octanol–water partition coefficient (Wildman–Crippen LogP) is 2.90. The van der Waals surface area contributed by atoms with Crippen LogP contribution in [0.15, 0.2) is 24.3 Å². The first-order chi connectivity index (χ1) is 8.58. The number of carboxylic acids is 1. The van der Waals surface area contributed by atoms with Gasteiger partial charge in [0.1, 0.15) is 5.82 Å². The van der Waals surface area contributed by atoms with E-state index in [0.717, 1.165) is 12.8 Å². The first-order valence-electron chi connectivity index (χ1n) is 6.09. The van der Waals surface area contributed by atoms with Crippen molar-refractivity contribution in [2.24, 2.45) is 11.8 Å². The maximum atomic E-state index is 12.7. The van der Waals surface area contributed by atoms with Crippen LogP contribution in [0.25, 0.3) is 0 Å². The van der Waals surface area contributed by atoms with Crippen molar-refractivity contribution in [3.05, 3.63) is 35.6 Å². The molecule has 0 aromatic heterocycles. The Balaban J connectivity index is 2.03. The van der Waals surface area contributed by atoms with E-state index >= 15 is 0 Å². The van der Waals surface area contributed by atoms with Gasteiger partial charge < -0.3 is 5.11 Å². The molecule has 1 saturated carbocycles. The minimum atomic E-state index is -0.815. The van der Waals surface area contributed by atoms with Gasteiger partial charge in [0.15, 0.2) is 5.78 Å². The Morgan fingerprint density at radius 1 is 1.22 bits per heavy atom. The molecule has 1 aromatic rings. The SMILES string of the molecule is O=C(C[C@H]1CCC[C@@H]1C(=O)O)c1ccc(F)cc1. The van der Waals surface area contributed by atoms with Gasteiger partial charge in [-0.2, -0.15) is 0 Å². The number of halogens is 1. The fourth-order valence-electron chi connectivity index (χ4n) is 2.60. The van der Waals surface area contributed by atoms with E-state index in [4.69, 9.17) is 5.11 Å².